The summed E-state index contributed by atoms with van der Waals surface area (Å²) in [6.07, 6.45) is 4.24. The Hall–Kier alpha value is -3.43. The Morgan fingerprint density at radius 2 is 1.03 bits per heavy atom. The molecule has 0 aliphatic rings. The fraction of sp³-hybridized carbons (Fsp3) is 0.250. The molecular weight excluding hydrogens is 649 g/mol. The molecule has 0 aliphatic heterocycles. The minimum Gasteiger partial charge on any atom is -0.276 e. The Morgan fingerprint density at radius 3 is 1.39 bits per heavy atom. The van der Waals surface area contributed by atoms with Crippen molar-refractivity contribution < 1.29 is 21.1 Å². The molecule has 0 amide bonds. The van der Waals surface area contributed by atoms with Gasteiger partial charge in [-0.15, -0.1) is 12.1 Å². The molecule has 0 bridgehead atoms. The summed E-state index contributed by atoms with van der Waals surface area (Å²) in [4.78, 5) is 2.19. The molecule has 0 saturated heterocycles. The second-order valence-corrected chi connectivity index (χ2v) is 11.3. The van der Waals surface area contributed by atoms with Crippen LogP contribution in [-0.2, 0) is 31.9 Å². The number of nitrogens with zero attached hydrogens (tertiary/aromatic N) is 5. The van der Waals surface area contributed by atoms with Crippen LogP contribution in [0.5, 0.6) is 0 Å². The molecule has 0 radical (unpaired) electrons. The fourth-order valence-electron chi connectivity index (χ4n) is 4.34. The third kappa shape index (κ3) is 5.54. The topological polar surface area (TPSA) is 38.9 Å². The molecule has 0 N–H and O–H groups in total. The summed E-state index contributed by atoms with van der Waals surface area (Å²) in [6.45, 7) is 13.3. The molecule has 0 unspecified atom stereocenters. The van der Waals surface area contributed by atoms with Crippen LogP contribution < -0.4 is 4.90 Å². The molecular formula is C32H33N5Pt. The predicted octanol–water partition coefficient (Wildman–Crippen LogP) is 7.72. The third-order valence-corrected chi connectivity index (χ3v) is 6.32. The van der Waals surface area contributed by atoms with Gasteiger partial charge in [0.15, 0.2) is 11.6 Å². The molecule has 3 aromatic carbocycles. The van der Waals surface area contributed by atoms with Crippen LogP contribution in [0.1, 0.15) is 52.7 Å². The van der Waals surface area contributed by atoms with Gasteiger partial charge in [0.05, 0.1) is 0 Å². The molecule has 0 aliphatic carbocycles. The SMILES string of the molecule is CC(C)(C)c1cn(-c2[c-]cccc2)nc1N(c1ccccc1)c1nn(-c2[c-]cccc2)cc1C(C)(C)C.[Pt+2]. The maximum absolute atomic E-state index is 5.16. The van der Waals surface area contributed by atoms with Crippen LogP contribution in [0.25, 0.3) is 11.4 Å². The van der Waals surface area contributed by atoms with Gasteiger partial charge in [-0.3, -0.25) is 14.3 Å². The molecule has 5 rings (SSSR count). The van der Waals surface area contributed by atoms with Gasteiger partial charge < -0.3 is 0 Å². The number of anilines is 3. The first-order chi connectivity index (χ1) is 17.6. The Balaban J connectivity index is 0.00000336. The van der Waals surface area contributed by atoms with Crippen LogP contribution in [0.4, 0.5) is 17.3 Å². The van der Waals surface area contributed by atoms with E-state index < -0.39 is 0 Å². The first-order valence-electron chi connectivity index (χ1n) is 12.6. The average molecular weight is 683 g/mol. The van der Waals surface area contributed by atoms with E-state index in [1.807, 2.05) is 64.0 Å². The van der Waals surface area contributed by atoms with Crippen LogP contribution in [0, 0.1) is 12.1 Å². The van der Waals surface area contributed by atoms with Crippen LogP contribution in [0.2, 0.25) is 0 Å². The number of hydrogen-bond acceptors (Lipinski definition) is 3. The monoisotopic (exact) mass is 682 g/mol. The second kappa shape index (κ2) is 10.7. The zero-order chi connectivity index (χ0) is 26.2. The summed E-state index contributed by atoms with van der Waals surface area (Å²) in [6, 6.07) is 32.8. The number of rotatable bonds is 5. The molecule has 5 aromatic rings. The zero-order valence-corrected chi connectivity index (χ0v) is 25.0. The largest absolute Gasteiger partial charge is 2.00 e. The molecule has 38 heavy (non-hydrogen) atoms. The van der Waals surface area contributed by atoms with Crippen molar-refractivity contribution in [3.05, 3.63) is 115 Å². The summed E-state index contributed by atoms with van der Waals surface area (Å²) in [5.74, 6) is 1.70. The van der Waals surface area contributed by atoms with Crippen molar-refractivity contribution in [2.75, 3.05) is 4.90 Å². The average Bonchev–Trinajstić information content (AvgIpc) is 3.52. The fourth-order valence-corrected chi connectivity index (χ4v) is 4.34. The van der Waals surface area contributed by atoms with Gasteiger partial charge in [-0.1, -0.05) is 59.7 Å². The molecule has 5 nitrogen and oxygen atoms in total. The molecule has 2 heterocycles. The summed E-state index contributed by atoms with van der Waals surface area (Å²) >= 11 is 0. The van der Waals surface area contributed by atoms with Crippen LogP contribution in [0.3, 0.4) is 0 Å². The van der Waals surface area contributed by atoms with Crippen molar-refractivity contribution in [2.45, 2.75) is 52.4 Å². The van der Waals surface area contributed by atoms with E-state index in [0.29, 0.717) is 0 Å². The summed E-state index contributed by atoms with van der Waals surface area (Å²) < 4.78 is 3.84. The van der Waals surface area contributed by atoms with Crippen LogP contribution >= 0.6 is 0 Å². The van der Waals surface area contributed by atoms with E-state index >= 15 is 0 Å². The predicted molar refractivity (Wildman–Crippen MR) is 150 cm³/mol. The molecule has 0 fully saturated rings. The van der Waals surface area contributed by atoms with Gasteiger partial charge in [0.2, 0.25) is 0 Å². The van der Waals surface area contributed by atoms with Crippen molar-refractivity contribution in [2.24, 2.45) is 0 Å². The maximum Gasteiger partial charge on any atom is 2.00 e. The van der Waals surface area contributed by atoms with Crippen molar-refractivity contribution in [3.8, 4) is 11.4 Å². The van der Waals surface area contributed by atoms with Crippen molar-refractivity contribution >= 4 is 17.3 Å². The third-order valence-electron chi connectivity index (χ3n) is 6.32. The van der Waals surface area contributed by atoms with Gasteiger partial charge in [0.25, 0.3) is 0 Å². The van der Waals surface area contributed by atoms with Gasteiger partial charge >= 0.3 is 21.1 Å². The van der Waals surface area contributed by atoms with E-state index in [-0.39, 0.29) is 31.9 Å². The first kappa shape index (κ1) is 27.6. The standard InChI is InChI=1S/C32H33N5.Pt/c1-31(2,3)27-22-35(24-16-10-7-11-17-24)33-29(27)37(26-20-14-9-15-21-26)30-28(32(4,5)6)23-36(34-30)25-18-12-8-13-19-25;/h7-16,18,20-23H,1-6H3;/q-2;+2. The van der Waals surface area contributed by atoms with Gasteiger partial charge in [-0.25, -0.2) is 0 Å². The molecule has 0 saturated carbocycles. The van der Waals surface area contributed by atoms with Gasteiger partial charge in [0, 0.05) is 29.2 Å². The van der Waals surface area contributed by atoms with Crippen LogP contribution in [-0.4, -0.2) is 19.6 Å². The first-order valence-corrected chi connectivity index (χ1v) is 12.6. The normalized spacial score (nSPS) is 11.7. The van der Waals surface area contributed by atoms with Crippen molar-refractivity contribution in [1.29, 1.82) is 0 Å². The molecule has 2 aromatic heterocycles. The van der Waals surface area contributed by atoms with E-state index in [4.69, 9.17) is 10.2 Å². The molecule has 196 valence electrons. The van der Waals surface area contributed by atoms with E-state index in [1.54, 1.807) is 0 Å². The Morgan fingerprint density at radius 1 is 0.605 bits per heavy atom. The summed E-state index contributed by atoms with van der Waals surface area (Å²) in [5.41, 5.74) is 4.72. The van der Waals surface area contributed by atoms with Gasteiger partial charge in [0.1, 0.15) is 0 Å². The van der Waals surface area contributed by atoms with E-state index in [9.17, 15) is 0 Å². The van der Waals surface area contributed by atoms with Crippen LogP contribution in [0.15, 0.2) is 91.3 Å². The summed E-state index contributed by atoms with van der Waals surface area (Å²) in [5, 5.41) is 10.3. The number of para-hydroxylation sites is 3. The Kier molecular flexibility index (Phi) is 7.80. The summed E-state index contributed by atoms with van der Waals surface area (Å²) in [7, 11) is 0. The minimum absolute atomic E-state index is 0. The van der Waals surface area contributed by atoms with E-state index in [0.717, 1.165) is 39.8 Å². The molecule has 0 spiro atoms. The van der Waals surface area contributed by atoms with Gasteiger partial charge in [-0.05, 0) is 34.3 Å². The quantitative estimate of drug-likeness (QED) is 0.178. The van der Waals surface area contributed by atoms with Crippen molar-refractivity contribution in [3.63, 3.8) is 0 Å². The van der Waals surface area contributed by atoms with Gasteiger partial charge in [-0.2, -0.15) is 58.7 Å². The number of hydrogen-bond donors (Lipinski definition) is 0. The van der Waals surface area contributed by atoms with Crippen molar-refractivity contribution in [1.82, 2.24) is 19.6 Å². The van der Waals surface area contributed by atoms with E-state index in [1.165, 1.54) is 0 Å². The second-order valence-electron chi connectivity index (χ2n) is 11.3. The number of benzene rings is 3. The maximum atomic E-state index is 5.16. The Bertz CT molecular complexity index is 1380. The number of aromatic nitrogens is 4. The molecule has 0 atom stereocenters. The molecule has 6 heteroatoms. The van der Waals surface area contributed by atoms with E-state index in [2.05, 4.69) is 95.2 Å². The minimum atomic E-state index is -0.160. The Labute approximate surface area is 240 Å². The smallest absolute Gasteiger partial charge is 0.276 e. The zero-order valence-electron chi connectivity index (χ0n) is 22.7.